The first-order chi connectivity index (χ1) is 12.4. The van der Waals surface area contributed by atoms with Gasteiger partial charge in [0.05, 0.1) is 11.4 Å². The molecule has 0 atom stereocenters. The van der Waals surface area contributed by atoms with Crippen LogP contribution in [0.3, 0.4) is 0 Å². The maximum atomic E-state index is 12.2. The summed E-state index contributed by atoms with van der Waals surface area (Å²) in [6, 6.07) is 12.7. The van der Waals surface area contributed by atoms with Gasteiger partial charge in [0.2, 0.25) is 0 Å². The van der Waals surface area contributed by atoms with Crippen molar-refractivity contribution in [3.63, 3.8) is 0 Å². The Morgan fingerprint density at radius 2 is 2.04 bits per heavy atom. The van der Waals surface area contributed by atoms with E-state index in [-0.39, 0.29) is 23.9 Å². The van der Waals surface area contributed by atoms with Gasteiger partial charge in [0.25, 0.3) is 5.56 Å². The quantitative estimate of drug-likeness (QED) is 0.451. The summed E-state index contributed by atoms with van der Waals surface area (Å²) in [5, 5.41) is 0. The van der Waals surface area contributed by atoms with Crippen molar-refractivity contribution in [3.05, 3.63) is 74.2 Å². The number of carbonyl (C=O) groups is 1. The van der Waals surface area contributed by atoms with Crippen LogP contribution in [0, 0.1) is 13.8 Å². The number of fused-ring (bicyclic) bond motifs is 1. The van der Waals surface area contributed by atoms with Crippen LogP contribution in [0.25, 0.3) is 5.65 Å². The van der Waals surface area contributed by atoms with Crippen molar-refractivity contribution in [2.45, 2.75) is 25.3 Å². The largest absolute Gasteiger partial charge is 0.459 e. The Morgan fingerprint density at radius 1 is 1.23 bits per heavy atom. The highest BCUT2D eigenvalue weighted by Gasteiger charge is 2.09. The molecule has 1 aromatic carbocycles. The average molecular weight is 433 g/mol. The molecule has 0 amide bonds. The number of carbonyl (C=O) groups excluding carboxylic acids is 1. The van der Waals surface area contributed by atoms with Crippen LogP contribution in [0.5, 0.6) is 0 Å². The van der Waals surface area contributed by atoms with Gasteiger partial charge in [0.15, 0.2) is 0 Å². The normalized spacial score (nSPS) is 10.9. The molecular weight excluding hydrogens is 416 g/mol. The molecule has 0 radical (unpaired) electrons. The van der Waals surface area contributed by atoms with Crippen LogP contribution in [-0.4, -0.2) is 21.1 Å². The number of nitrogens with zero attached hydrogens (tertiary/aromatic N) is 2. The smallest absolute Gasteiger partial charge is 0.316 e. The van der Waals surface area contributed by atoms with Crippen LogP contribution in [0.4, 0.5) is 0 Å². The van der Waals surface area contributed by atoms with E-state index in [1.165, 1.54) is 22.2 Å². The number of ether oxygens (including phenoxy) is 1. The van der Waals surface area contributed by atoms with E-state index in [1.54, 1.807) is 6.07 Å². The molecule has 0 unspecified atom stereocenters. The van der Waals surface area contributed by atoms with Crippen LogP contribution < -0.4 is 5.56 Å². The van der Waals surface area contributed by atoms with Gasteiger partial charge >= 0.3 is 5.97 Å². The zero-order valence-corrected chi connectivity index (χ0v) is 16.8. The van der Waals surface area contributed by atoms with Gasteiger partial charge < -0.3 is 4.74 Å². The third-order valence-corrected chi connectivity index (χ3v) is 5.44. The molecule has 134 valence electrons. The molecule has 0 aliphatic carbocycles. The lowest BCUT2D eigenvalue weighted by Crippen LogP contribution is -2.18. The molecule has 0 N–H and O–H groups in total. The standard InChI is InChI=1S/C19H17BrN2O3S/c1-12-8-14(20)6-7-16(12)26-11-19(24)25-10-15-9-18(23)22-13(2)4-3-5-17(22)21-15/h3-9H,10-11H2,1-2H3. The topological polar surface area (TPSA) is 60.7 Å². The Kier molecular flexibility index (Phi) is 5.78. The first-order valence-corrected chi connectivity index (χ1v) is 9.75. The predicted octanol–water partition coefficient (Wildman–Crippen LogP) is 3.91. The fourth-order valence-electron chi connectivity index (χ4n) is 2.55. The van der Waals surface area contributed by atoms with E-state index < -0.39 is 0 Å². The summed E-state index contributed by atoms with van der Waals surface area (Å²) in [6.45, 7) is 3.82. The number of hydrogen-bond donors (Lipinski definition) is 0. The number of hydrogen-bond acceptors (Lipinski definition) is 5. The lowest BCUT2D eigenvalue weighted by atomic mass is 10.2. The Hall–Kier alpha value is -2.12. The number of pyridine rings is 1. The molecule has 26 heavy (non-hydrogen) atoms. The predicted molar refractivity (Wildman–Crippen MR) is 106 cm³/mol. The number of rotatable bonds is 5. The van der Waals surface area contributed by atoms with Gasteiger partial charge in [0, 0.05) is 21.1 Å². The van der Waals surface area contributed by atoms with Crippen molar-refractivity contribution >= 4 is 39.3 Å². The van der Waals surface area contributed by atoms with Crippen LogP contribution in [0.15, 0.2) is 56.6 Å². The lowest BCUT2D eigenvalue weighted by molar-refractivity contribution is -0.141. The summed E-state index contributed by atoms with van der Waals surface area (Å²) in [5.41, 5.74) is 2.71. The highest BCUT2D eigenvalue weighted by atomic mass is 79.9. The monoisotopic (exact) mass is 432 g/mol. The minimum atomic E-state index is -0.344. The van der Waals surface area contributed by atoms with Crippen molar-refractivity contribution in [2.24, 2.45) is 0 Å². The average Bonchev–Trinajstić information content (AvgIpc) is 2.59. The van der Waals surface area contributed by atoms with Crippen molar-refractivity contribution in [1.29, 1.82) is 0 Å². The molecule has 2 aromatic heterocycles. The summed E-state index contributed by atoms with van der Waals surface area (Å²) >= 11 is 4.84. The van der Waals surface area contributed by atoms with Crippen LogP contribution in [0.2, 0.25) is 0 Å². The minimum absolute atomic E-state index is 0.0155. The van der Waals surface area contributed by atoms with Crippen LogP contribution in [0.1, 0.15) is 17.0 Å². The van der Waals surface area contributed by atoms with E-state index in [1.807, 2.05) is 44.2 Å². The van der Waals surface area contributed by atoms with E-state index in [0.717, 1.165) is 20.6 Å². The van der Waals surface area contributed by atoms with E-state index in [9.17, 15) is 9.59 Å². The summed E-state index contributed by atoms with van der Waals surface area (Å²) in [4.78, 5) is 29.6. The second-order valence-corrected chi connectivity index (χ2v) is 7.74. The van der Waals surface area contributed by atoms with Gasteiger partial charge in [-0.15, -0.1) is 11.8 Å². The third kappa shape index (κ3) is 4.34. The first-order valence-electron chi connectivity index (χ1n) is 7.97. The van der Waals surface area contributed by atoms with Crippen molar-refractivity contribution in [1.82, 2.24) is 9.38 Å². The summed E-state index contributed by atoms with van der Waals surface area (Å²) < 4.78 is 7.80. The SMILES string of the molecule is Cc1cc(Br)ccc1SCC(=O)OCc1cc(=O)n2c(C)cccc2n1. The lowest BCUT2D eigenvalue weighted by Gasteiger charge is -2.08. The molecule has 0 aliphatic heterocycles. The molecule has 5 nitrogen and oxygen atoms in total. The molecule has 2 heterocycles. The fourth-order valence-corrected chi connectivity index (χ4v) is 3.83. The summed E-state index contributed by atoms with van der Waals surface area (Å²) in [5.74, 6) is -0.141. The molecule has 0 fully saturated rings. The van der Waals surface area contributed by atoms with Crippen molar-refractivity contribution in [2.75, 3.05) is 5.75 Å². The van der Waals surface area contributed by atoms with E-state index >= 15 is 0 Å². The minimum Gasteiger partial charge on any atom is -0.459 e. The number of thioether (sulfide) groups is 1. The number of aryl methyl sites for hydroxylation is 2. The Bertz CT molecular complexity index is 1030. The van der Waals surface area contributed by atoms with E-state index in [2.05, 4.69) is 20.9 Å². The Morgan fingerprint density at radius 3 is 2.81 bits per heavy atom. The fraction of sp³-hybridized carbons (Fsp3) is 0.211. The zero-order valence-electron chi connectivity index (χ0n) is 14.4. The van der Waals surface area contributed by atoms with Gasteiger partial charge in [-0.05, 0) is 49.7 Å². The van der Waals surface area contributed by atoms with E-state index in [0.29, 0.717) is 11.3 Å². The maximum Gasteiger partial charge on any atom is 0.316 e. The Labute approximate surface area is 163 Å². The maximum absolute atomic E-state index is 12.2. The molecule has 0 spiro atoms. The van der Waals surface area contributed by atoms with Gasteiger partial charge in [-0.1, -0.05) is 22.0 Å². The van der Waals surface area contributed by atoms with Gasteiger partial charge in [-0.25, -0.2) is 4.98 Å². The molecule has 0 aliphatic rings. The number of aromatic nitrogens is 2. The molecule has 3 rings (SSSR count). The summed E-state index contributed by atoms with van der Waals surface area (Å²) in [7, 11) is 0. The number of esters is 1. The van der Waals surface area contributed by atoms with Crippen molar-refractivity contribution < 1.29 is 9.53 Å². The second-order valence-electron chi connectivity index (χ2n) is 5.81. The highest BCUT2D eigenvalue weighted by Crippen LogP contribution is 2.25. The molecule has 7 heteroatoms. The molecular formula is C19H17BrN2O3S. The van der Waals surface area contributed by atoms with Crippen molar-refractivity contribution in [3.8, 4) is 0 Å². The second kappa shape index (κ2) is 8.05. The van der Waals surface area contributed by atoms with Gasteiger partial charge in [0.1, 0.15) is 12.3 Å². The van der Waals surface area contributed by atoms with Crippen LogP contribution >= 0.6 is 27.7 Å². The molecule has 3 aromatic rings. The van der Waals surface area contributed by atoms with Gasteiger partial charge in [-0.2, -0.15) is 0 Å². The third-order valence-electron chi connectivity index (χ3n) is 3.80. The first kappa shape index (κ1) is 18.7. The number of halogens is 1. The Balaban J connectivity index is 1.62. The molecule has 0 saturated carbocycles. The molecule has 0 saturated heterocycles. The zero-order chi connectivity index (χ0) is 18.7. The molecule has 0 bridgehead atoms. The van der Waals surface area contributed by atoms with Gasteiger partial charge in [-0.3, -0.25) is 14.0 Å². The summed E-state index contributed by atoms with van der Waals surface area (Å²) in [6.07, 6.45) is 0. The van der Waals surface area contributed by atoms with E-state index in [4.69, 9.17) is 4.74 Å². The highest BCUT2D eigenvalue weighted by molar-refractivity contribution is 9.10. The number of benzene rings is 1. The van der Waals surface area contributed by atoms with Crippen LogP contribution in [-0.2, 0) is 16.1 Å².